The van der Waals surface area contributed by atoms with E-state index in [2.05, 4.69) is 213 Å². The molecule has 1 aliphatic carbocycles. The Morgan fingerprint density at radius 3 is 1.75 bits per heavy atom. The molecule has 4 nitrogen and oxygen atoms in total. The van der Waals surface area contributed by atoms with Crippen LogP contribution in [-0.4, -0.2) is 0 Å². The summed E-state index contributed by atoms with van der Waals surface area (Å²) in [7, 11) is 0. The van der Waals surface area contributed by atoms with E-state index in [0.29, 0.717) is 0 Å². The molecule has 0 fully saturated rings. The Morgan fingerprint density at radius 2 is 0.910 bits per heavy atom. The molecule has 4 heteroatoms. The lowest BCUT2D eigenvalue weighted by Crippen LogP contribution is -2.16. The SMILES string of the molecule is CC1(C)c2ccccc2-c2ccc(N(c3ccc(-c4cccc5c4oc4ccccc45)cc3)c3ccc4oc5c(-c6ccccc6-c6ccccc6)c6c(cc5c4c3)oc3ccccc36)cc21. The molecular formula is C63H41NO3. The number of benzene rings is 10. The molecule has 10 aromatic carbocycles. The van der Waals surface area contributed by atoms with Gasteiger partial charge in [0.2, 0.25) is 0 Å². The molecule has 67 heavy (non-hydrogen) atoms. The Morgan fingerprint density at radius 1 is 0.328 bits per heavy atom. The quantitative estimate of drug-likeness (QED) is 0.167. The third-order valence-corrected chi connectivity index (χ3v) is 14.3. The Balaban J connectivity index is 0.984. The van der Waals surface area contributed by atoms with Gasteiger partial charge in [-0.1, -0.05) is 166 Å². The van der Waals surface area contributed by atoms with Crippen LogP contribution in [0.5, 0.6) is 0 Å². The van der Waals surface area contributed by atoms with Crippen LogP contribution in [0.1, 0.15) is 25.0 Å². The number of hydrogen-bond donors (Lipinski definition) is 0. The summed E-state index contributed by atoms with van der Waals surface area (Å²) >= 11 is 0. The summed E-state index contributed by atoms with van der Waals surface area (Å²) in [6, 6.07) is 75.8. The molecule has 0 spiro atoms. The lowest BCUT2D eigenvalue weighted by molar-refractivity contribution is 0.660. The number of furan rings is 3. The van der Waals surface area contributed by atoms with Gasteiger partial charge in [0.1, 0.15) is 33.5 Å². The molecule has 0 saturated heterocycles. The number of rotatable bonds is 6. The fourth-order valence-electron chi connectivity index (χ4n) is 11.1. The number of nitrogens with zero attached hydrogens (tertiary/aromatic N) is 1. The second-order valence-corrected chi connectivity index (χ2v) is 18.4. The molecule has 3 aromatic heterocycles. The summed E-state index contributed by atoms with van der Waals surface area (Å²) in [5, 5.41) is 6.37. The number of para-hydroxylation sites is 3. The molecule has 316 valence electrons. The minimum atomic E-state index is -0.169. The molecule has 14 rings (SSSR count). The molecule has 0 radical (unpaired) electrons. The first-order chi connectivity index (χ1) is 33.0. The van der Waals surface area contributed by atoms with E-state index < -0.39 is 0 Å². The second kappa shape index (κ2) is 14.2. The minimum absolute atomic E-state index is 0.169. The predicted octanol–water partition coefficient (Wildman–Crippen LogP) is 18.2. The van der Waals surface area contributed by atoms with Gasteiger partial charge in [0.05, 0.1) is 0 Å². The van der Waals surface area contributed by atoms with Gasteiger partial charge in [0.15, 0.2) is 0 Å². The topological polar surface area (TPSA) is 42.7 Å². The standard InChI is InChI=1S/C63H41NO3/c1-63(2)53-24-11-8-18-45(53)46-33-31-42(36-54(46)63)64(40-29-27-39(28-30-40)44-22-14-23-49-47-19-9-12-25-55(47)66-61(44)49)41-32-34-57-51(35-41)52-37-58-59(50-21-10-13-26-56(50)65-58)60(62(52)67-57)48-20-7-6-17-43(48)38-15-4-3-5-16-38/h3-37H,1-2H3. The molecule has 0 saturated carbocycles. The maximum atomic E-state index is 7.08. The highest BCUT2D eigenvalue weighted by Gasteiger charge is 2.36. The predicted molar refractivity (Wildman–Crippen MR) is 277 cm³/mol. The highest BCUT2D eigenvalue weighted by molar-refractivity contribution is 6.24. The Bertz CT molecular complexity index is 4130. The van der Waals surface area contributed by atoms with E-state index in [9.17, 15) is 0 Å². The molecule has 0 unspecified atom stereocenters. The van der Waals surface area contributed by atoms with Gasteiger partial charge in [0, 0.05) is 65.9 Å². The molecule has 3 heterocycles. The van der Waals surface area contributed by atoms with Crippen LogP contribution in [0.25, 0.3) is 110 Å². The zero-order chi connectivity index (χ0) is 44.4. The van der Waals surface area contributed by atoms with Crippen molar-refractivity contribution in [1.82, 2.24) is 0 Å². The van der Waals surface area contributed by atoms with Gasteiger partial charge >= 0.3 is 0 Å². The average Bonchev–Trinajstić information content (AvgIpc) is 4.12. The van der Waals surface area contributed by atoms with E-state index in [1.165, 1.54) is 22.3 Å². The molecule has 0 N–H and O–H groups in total. The van der Waals surface area contributed by atoms with Crippen molar-refractivity contribution in [3.8, 4) is 44.5 Å². The molecule has 1 aliphatic rings. The van der Waals surface area contributed by atoms with Crippen LogP contribution in [0.15, 0.2) is 226 Å². The van der Waals surface area contributed by atoms with E-state index in [1.807, 2.05) is 18.2 Å². The Hall–Kier alpha value is -8.60. The van der Waals surface area contributed by atoms with Crippen LogP contribution < -0.4 is 4.90 Å². The van der Waals surface area contributed by atoms with Gasteiger partial charge in [-0.05, 0) is 105 Å². The minimum Gasteiger partial charge on any atom is -0.456 e. The summed E-state index contributed by atoms with van der Waals surface area (Å²) in [5.41, 5.74) is 19.9. The number of fused-ring (bicyclic) bond motifs is 12. The number of hydrogen-bond acceptors (Lipinski definition) is 4. The summed E-state index contributed by atoms with van der Waals surface area (Å²) in [6.45, 7) is 4.69. The van der Waals surface area contributed by atoms with Crippen molar-refractivity contribution in [3.63, 3.8) is 0 Å². The fourth-order valence-corrected chi connectivity index (χ4v) is 11.1. The fraction of sp³-hybridized carbons (Fsp3) is 0.0476. The first-order valence-corrected chi connectivity index (χ1v) is 23.0. The van der Waals surface area contributed by atoms with Crippen molar-refractivity contribution in [2.24, 2.45) is 0 Å². The lowest BCUT2D eigenvalue weighted by Gasteiger charge is -2.28. The van der Waals surface area contributed by atoms with E-state index in [-0.39, 0.29) is 5.41 Å². The third kappa shape index (κ3) is 5.60. The summed E-state index contributed by atoms with van der Waals surface area (Å²) in [6.07, 6.45) is 0. The maximum Gasteiger partial charge on any atom is 0.144 e. The van der Waals surface area contributed by atoms with Crippen molar-refractivity contribution < 1.29 is 13.3 Å². The summed E-state index contributed by atoms with van der Waals surface area (Å²) < 4.78 is 20.3. The molecular weight excluding hydrogens is 819 g/mol. The first kappa shape index (κ1) is 37.7. The highest BCUT2D eigenvalue weighted by Crippen LogP contribution is 2.52. The first-order valence-electron chi connectivity index (χ1n) is 23.0. The van der Waals surface area contributed by atoms with Crippen LogP contribution in [0.4, 0.5) is 17.1 Å². The molecule has 0 atom stereocenters. The molecule has 0 amide bonds. The van der Waals surface area contributed by atoms with Crippen LogP contribution in [-0.2, 0) is 5.41 Å². The molecule has 0 bridgehead atoms. The van der Waals surface area contributed by atoms with E-state index in [0.717, 1.165) is 116 Å². The monoisotopic (exact) mass is 859 g/mol. The molecule has 13 aromatic rings. The maximum absolute atomic E-state index is 7.08. The van der Waals surface area contributed by atoms with Gasteiger partial charge in [0.25, 0.3) is 0 Å². The Kier molecular flexibility index (Phi) is 8.00. The van der Waals surface area contributed by atoms with Crippen molar-refractivity contribution in [3.05, 3.63) is 223 Å². The van der Waals surface area contributed by atoms with Crippen LogP contribution in [0, 0.1) is 0 Å². The van der Waals surface area contributed by atoms with Crippen molar-refractivity contribution in [2.45, 2.75) is 19.3 Å². The van der Waals surface area contributed by atoms with E-state index in [1.54, 1.807) is 0 Å². The zero-order valence-electron chi connectivity index (χ0n) is 36.9. The lowest BCUT2D eigenvalue weighted by atomic mass is 9.82. The highest BCUT2D eigenvalue weighted by atomic mass is 16.3. The third-order valence-electron chi connectivity index (χ3n) is 14.3. The van der Waals surface area contributed by atoms with Crippen LogP contribution in [0.3, 0.4) is 0 Å². The van der Waals surface area contributed by atoms with Crippen molar-refractivity contribution in [1.29, 1.82) is 0 Å². The normalized spacial score (nSPS) is 13.0. The summed E-state index contributed by atoms with van der Waals surface area (Å²) in [4.78, 5) is 2.38. The largest absolute Gasteiger partial charge is 0.456 e. The van der Waals surface area contributed by atoms with Gasteiger partial charge < -0.3 is 18.2 Å². The van der Waals surface area contributed by atoms with Gasteiger partial charge in [-0.3, -0.25) is 0 Å². The van der Waals surface area contributed by atoms with Gasteiger partial charge in [-0.25, -0.2) is 0 Å². The van der Waals surface area contributed by atoms with Crippen molar-refractivity contribution >= 4 is 82.9 Å². The Labute approximate surface area is 386 Å². The number of anilines is 3. The molecule has 0 aliphatic heterocycles. The smallest absolute Gasteiger partial charge is 0.144 e. The van der Waals surface area contributed by atoms with Crippen LogP contribution in [0.2, 0.25) is 0 Å². The second-order valence-electron chi connectivity index (χ2n) is 18.4. The zero-order valence-corrected chi connectivity index (χ0v) is 36.9. The summed E-state index contributed by atoms with van der Waals surface area (Å²) in [5.74, 6) is 0. The average molecular weight is 860 g/mol. The van der Waals surface area contributed by atoms with E-state index in [4.69, 9.17) is 13.3 Å². The van der Waals surface area contributed by atoms with E-state index >= 15 is 0 Å². The van der Waals surface area contributed by atoms with Gasteiger partial charge in [-0.15, -0.1) is 0 Å². The van der Waals surface area contributed by atoms with Crippen molar-refractivity contribution in [2.75, 3.05) is 4.90 Å². The van der Waals surface area contributed by atoms with Gasteiger partial charge in [-0.2, -0.15) is 0 Å². The van der Waals surface area contributed by atoms with Crippen LogP contribution >= 0.6 is 0 Å².